The lowest BCUT2D eigenvalue weighted by Gasteiger charge is -2.05. The Morgan fingerprint density at radius 2 is 2.00 bits per heavy atom. The highest BCUT2D eigenvalue weighted by Gasteiger charge is 2.06. The number of hydrogen-bond acceptors (Lipinski definition) is 5. The highest BCUT2D eigenvalue weighted by atomic mass is 16.5. The lowest BCUT2D eigenvalue weighted by molar-refractivity contribution is 0.413. The van der Waals surface area contributed by atoms with Crippen molar-refractivity contribution in [2.45, 2.75) is 13.8 Å². The summed E-state index contributed by atoms with van der Waals surface area (Å²) in [5, 5.41) is 4.17. The minimum atomic E-state index is 0.390. The molecule has 0 aliphatic carbocycles. The van der Waals surface area contributed by atoms with Crippen LogP contribution in [0.2, 0.25) is 0 Å². The van der Waals surface area contributed by atoms with E-state index in [2.05, 4.69) is 15.1 Å². The van der Waals surface area contributed by atoms with Crippen molar-refractivity contribution in [1.29, 1.82) is 0 Å². The van der Waals surface area contributed by atoms with Gasteiger partial charge in [-0.25, -0.2) is 9.67 Å². The van der Waals surface area contributed by atoms with Crippen molar-refractivity contribution in [3.8, 4) is 11.8 Å². The molecule has 2 N–H and O–H groups in total. The van der Waals surface area contributed by atoms with E-state index in [-0.39, 0.29) is 0 Å². The molecule has 0 spiro atoms. The third-order valence-electron chi connectivity index (χ3n) is 2.00. The highest BCUT2D eigenvalue weighted by Crippen LogP contribution is 2.20. The lowest BCUT2D eigenvalue weighted by atomic mass is 10.5. The number of hydrogen-bond donors (Lipinski definition) is 1. The van der Waals surface area contributed by atoms with Gasteiger partial charge in [0.15, 0.2) is 0 Å². The molecule has 0 aliphatic rings. The zero-order valence-electron chi connectivity index (χ0n) is 9.43. The van der Waals surface area contributed by atoms with Crippen LogP contribution in [0.1, 0.15) is 11.5 Å². The summed E-state index contributed by atoms with van der Waals surface area (Å²) in [6.45, 7) is 3.66. The molecule has 2 aromatic rings. The van der Waals surface area contributed by atoms with E-state index in [1.165, 1.54) is 0 Å². The van der Waals surface area contributed by atoms with Crippen molar-refractivity contribution in [1.82, 2.24) is 19.7 Å². The van der Waals surface area contributed by atoms with Gasteiger partial charge in [-0.3, -0.25) is 0 Å². The number of rotatable bonds is 2. The van der Waals surface area contributed by atoms with E-state index in [9.17, 15) is 0 Å². The molecule has 0 bridgehead atoms. The first-order valence-electron chi connectivity index (χ1n) is 4.84. The predicted molar refractivity (Wildman–Crippen MR) is 59.2 cm³/mol. The van der Waals surface area contributed by atoms with Crippen LogP contribution in [0.4, 0.5) is 5.82 Å². The number of nitrogens with zero attached hydrogens (tertiary/aromatic N) is 4. The molecule has 0 aromatic carbocycles. The maximum absolute atomic E-state index is 5.60. The van der Waals surface area contributed by atoms with Gasteiger partial charge in [-0.05, 0) is 13.8 Å². The fourth-order valence-corrected chi connectivity index (χ4v) is 1.40. The minimum Gasteiger partial charge on any atom is -0.421 e. The predicted octanol–water partition coefficient (Wildman–Crippen LogP) is 1.20. The second-order valence-electron chi connectivity index (χ2n) is 3.53. The zero-order valence-corrected chi connectivity index (χ0v) is 9.43. The smallest absolute Gasteiger partial charge is 0.226 e. The SMILES string of the molecule is Cc1cc(Oc2cc(N)nc(C)n2)n(C)n1. The molecule has 0 amide bonds. The van der Waals surface area contributed by atoms with E-state index < -0.39 is 0 Å². The molecule has 0 saturated carbocycles. The Balaban J connectivity index is 2.30. The number of nitrogens with two attached hydrogens (primary N) is 1. The van der Waals surface area contributed by atoms with Gasteiger partial charge in [0.1, 0.15) is 11.6 Å². The summed E-state index contributed by atoms with van der Waals surface area (Å²) in [5.74, 6) is 2.01. The fraction of sp³-hybridized carbons (Fsp3) is 0.300. The summed E-state index contributed by atoms with van der Waals surface area (Å²) in [7, 11) is 1.81. The van der Waals surface area contributed by atoms with Crippen LogP contribution in [-0.2, 0) is 7.05 Å². The van der Waals surface area contributed by atoms with Crippen molar-refractivity contribution in [3.63, 3.8) is 0 Å². The Hall–Kier alpha value is -2.11. The number of ether oxygens (including phenoxy) is 1. The Kier molecular flexibility index (Phi) is 2.47. The van der Waals surface area contributed by atoms with E-state index in [1.807, 2.05) is 13.0 Å². The molecular weight excluding hydrogens is 206 g/mol. The van der Waals surface area contributed by atoms with Crippen LogP contribution < -0.4 is 10.5 Å². The van der Waals surface area contributed by atoms with Crippen molar-refractivity contribution in [3.05, 3.63) is 23.7 Å². The average Bonchev–Trinajstić information content (AvgIpc) is 2.43. The van der Waals surface area contributed by atoms with Gasteiger partial charge >= 0.3 is 0 Å². The zero-order chi connectivity index (χ0) is 11.7. The molecule has 0 aliphatic heterocycles. The second-order valence-corrected chi connectivity index (χ2v) is 3.53. The van der Waals surface area contributed by atoms with Gasteiger partial charge in [0.05, 0.1) is 5.69 Å². The number of aryl methyl sites for hydroxylation is 3. The van der Waals surface area contributed by atoms with Crippen LogP contribution in [0, 0.1) is 13.8 Å². The molecule has 2 heterocycles. The Labute approximate surface area is 93.1 Å². The van der Waals surface area contributed by atoms with Crippen LogP contribution in [0.3, 0.4) is 0 Å². The van der Waals surface area contributed by atoms with Crippen LogP contribution in [0.5, 0.6) is 11.8 Å². The van der Waals surface area contributed by atoms with Crippen LogP contribution in [0.25, 0.3) is 0 Å². The monoisotopic (exact) mass is 219 g/mol. The van der Waals surface area contributed by atoms with Crippen molar-refractivity contribution < 1.29 is 4.74 Å². The summed E-state index contributed by atoms with van der Waals surface area (Å²) >= 11 is 0. The molecule has 6 heteroatoms. The lowest BCUT2D eigenvalue weighted by Crippen LogP contribution is -2.00. The quantitative estimate of drug-likeness (QED) is 0.821. The highest BCUT2D eigenvalue weighted by molar-refractivity contribution is 5.34. The molecular formula is C10H13N5O. The topological polar surface area (TPSA) is 78.9 Å². The molecule has 0 unspecified atom stereocenters. The Morgan fingerprint density at radius 3 is 2.56 bits per heavy atom. The first kappa shape index (κ1) is 10.4. The maximum Gasteiger partial charge on any atom is 0.226 e. The van der Waals surface area contributed by atoms with Gasteiger partial charge in [-0.2, -0.15) is 10.1 Å². The van der Waals surface area contributed by atoms with Gasteiger partial charge in [-0.15, -0.1) is 0 Å². The second kappa shape index (κ2) is 3.80. The third-order valence-corrected chi connectivity index (χ3v) is 2.00. The van der Waals surface area contributed by atoms with Crippen LogP contribution >= 0.6 is 0 Å². The molecule has 84 valence electrons. The van der Waals surface area contributed by atoms with E-state index in [1.54, 1.807) is 24.7 Å². The summed E-state index contributed by atoms with van der Waals surface area (Å²) in [6, 6.07) is 3.41. The van der Waals surface area contributed by atoms with Crippen molar-refractivity contribution in [2.24, 2.45) is 7.05 Å². The Bertz CT molecular complexity index is 500. The molecule has 6 nitrogen and oxygen atoms in total. The maximum atomic E-state index is 5.60. The molecule has 16 heavy (non-hydrogen) atoms. The molecule has 0 fully saturated rings. The standard InChI is InChI=1S/C10H13N5O/c1-6-4-10(15(3)14-6)16-9-5-8(11)12-7(2)13-9/h4-5H,1-3H3,(H2,11,12,13). The van der Waals surface area contributed by atoms with Gasteiger partial charge in [-0.1, -0.05) is 0 Å². The van der Waals surface area contributed by atoms with Gasteiger partial charge in [0.25, 0.3) is 0 Å². The van der Waals surface area contributed by atoms with E-state index in [4.69, 9.17) is 10.5 Å². The summed E-state index contributed by atoms with van der Waals surface area (Å²) in [5.41, 5.74) is 6.49. The van der Waals surface area contributed by atoms with E-state index >= 15 is 0 Å². The van der Waals surface area contributed by atoms with Gasteiger partial charge in [0.2, 0.25) is 11.8 Å². The molecule has 0 radical (unpaired) electrons. The molecule has 2 rings (SSSR count). The van der Waals surface area contributed by atoms with E-state index in [0.29, 0.717) is 23.4 Å². The first-order valence-corrected chi connectivity index (χ1v) is 4.84. The average molecular weight is 219 g/mol. The minimum absolute atomic E-state index is 0.390. The largest absolute Gasteiger partial charge is 0.421 e. The summed E-state index contributed by atoms with van der Waals surface area (Å²) in [4.78, 5) is 8.09. The van der Waals surface area contributed by atoms with Crippen LogP contribution in [-0.4, -0.2) is 19.7 Å². The summed E-state index contributed by atoms with van der Waals surface area (Å²) < 4.78 is 7.20. The number of aromatic nitrogens is 4. The molecule has 0 atom stereocenters. The third kappa shape index (κ3) is 2.10. The summed E-state index contributed by atoms with van der Waals surface area (Å²) in [6.07, 6.45) is 0. The first-order chi connectivity index (χ1) is 7.54. The Morgan fingerprint density at radius 1 is 1.25 bits per heavy atom. The van der Waals surface area contributed by atoms with Crippen molar-refractivity contribution >= 4 is 5.82 Å². The normalized spacial score (nSPS) is 10.4. The number of nitrogen functional groups attached to an aromatic ring is 1. The molecule has 0 saturated heterocycles. The fourth-order valence-electron chi connectivity index (χ4n) is 1.40. The number of anilines is 1. The van der Waals surface area contributed by atoms with Crippen molar-refractivity contribution in [2.75, 3.05) is 5.73 Å². The van der Waals surface area contributed by atoms with Crippen LogP contribution in [0.15, 0.2) is 12.1 Å². The van der Waals surface area contributed by atoms with E-state index in [0.717, 1.165) is 5.69 Å². The van der Waals surface area contributed by atoms with Gasteiger partial charge < -0.3 is 10.5 Å². The molecule has 2 aromatic heterocycles. The van der Waals surface area contributed by atoms with Gasteiger partial charge in [0, 0.05) is 19.2 Å².